The maximum absolute atomic E-state index is 4.50. The highest BCUT2D eigenvalue weighted by molar-refractivity contribution is 4.92. The molecule has 20 heavy (non-hydrogen) atoms. The maximum atomic E-state index is 4.50. The van der Waals surface area contributed by atoms with E-state index in [1.165, 1.54) is 50.9 Å². The third-order valence-corrected chi connectivity index (χ3v) is 4.89. The Morgan fingerprint density at radius 1 is 1.20 bits per heavy atom. The molecule has 0 bridgehead atoms. The van der Waals surface area contributed by atoms with E-state index in [-0.39, 0.29) is 0 Å². The molecule has 1 N–H and O–H groups in total. The topological polar surface area (TPSA) is 42.7 Å². The molecule has 2 aliphatic rings. The van der Waals surface area contributed by atoms with Gasteiger partial charge in [0.25, 0.3) is 0 Å². The van der Waals surface area contributed by atoms with E-state index in [4.69, 9.17) is 0 Å². The molecule has 2 aliphatic carbocycles. The van der Waals surface area contributed by atoms with Crippen molar-refractivity contribution in [2.45, 2.75) is 70.9 Å². The van der Waals surface area contributed by atoms with Gasteiger partial charge in [0.05, 0.1) is 0 Å². The normalized spacial score (nSPS) is 26.9. The molecule has 0 radical (unpaired) electrons. The highest BCUT2D eigenvalue weighted by Gasteiger charge is 2.29. The van der Waals surface area contributed by atoms with Gasteiger partial charge in [-0.25, -0.2) is 4.98 Å². The summed E-state index contributed by atoms with van der Waals surface area (Å²) in [6, 6.07) is 0.835. The first kappa shape index (κ1) is 14.1. The highest BCUT2D eigenvalue weighted by atomic mass is 15.3. The second-order valence-corrected chi connectivity index (χ2v) is 6.59. The number of nitrogens with zero attached hydrogens (tertiary/aromatic N) is 3. The summed E-state index contributed by atoms with van der Waals surface area (Å²) in [5.74, 6) is 2.85. The predicted molar refractivity (Wildman–Crippen MR) is 80.5 cm³/mol. The molecule has 1 heterocycles. The summed E-state index contributed by atoms with van der Waals surface area (Å²) in [5, 5.41) is 8.10. The van der Waals surface area contributed by atoms with Crippen molar-refractivity contribution in [3.63, 3.8) is 0 Å². The van der Waals surface area contributed by atoms with Crippen molar-refractivity contribution in [3.8, 4) is 0 Å². The number of aromatic nitrogens is 3. The van der Waals surface area contributed by atoms with Crippen LogP contribution in [0.3, 0.4) is 0 Å². The van der Waals surface area contributed by atoms with Gasteiger partial charge in [-0.05, 0) is 50.5 Å². The molecular formula is C16H28N4. The molecule has 2 fully saturated rings. The number of hydrogen-bond donors (Lipinski definition) is 1. The molecule has 112 valence electrons. The van der Waals surface area contributed by atoms with Crippen molar-refractivity contribution in [2.75, 3.05) is 6.54 Å². The largest absolute Gasteiger partial charge is 0.314 e. The Kier molecular flexibility index (Phi) is 4.71. The average molecular weight is 276 g/mol. The fourth-order valence-electron chi connectivity index (χ4n) is 3.51. The van der Waals surface area contributed by atoms with E-state index in [2.05, 4.69) is 27.0 Å². The lowest BCUT2D eigenvalue weighted by atomic mass is 9.77. The molecule has 0 saturated heterocycles. The van der Waals surface area contributed by atoms with E-state index in [1.807, 2.05) is 0 Å². The van der Waals surface area contributed by atoms with E-state index >= 15 is 0 Å². The Balaban J connectivity index is 1.58. The fraction of sp³-hybridized carbons (Fsp3) is 0.875. The van der Waals surface area contributed by atoms with E-state index < -0.39 is 0 Å². The van der Waals surface area contributed by atoms with Crippen LogP contribution in [0.1, 0.15) is 57.7 Å². The quantitative estimate of drug-likeness (QED) is 0.832. The molecule has 1 aromatic heterocycles. The minimum atomic E-state index is 0.801. The summed E-state index contributed by atoms with van der Waals surface area (Å²) in [6.07, 6.45) is 12.3. The summed E-state index contributed by atoms with van der Waals surface area (Å²) in [4.78, 5) is 4.50. The van der Waals surface area contributed by atoms with Crippen LogP contribution in [-0.2, 0) is 13.0 Å². The van der Waals surface area contributed by atoms with Crippen molar-refractivity contribution in [3.05, 3.63) is 12.2 Å². The van der Waals surface area contributed by atoms with Gasteiger partial charge in [0.1, 0.15) is 12.2 Å². The Bertz CT molecular complexity index is 410. The molecule has 0 aromatic carbocycles. The van der Waals surface area contributed by atoms with Crippen molar-refractivity contribution >= 4 is 0 Å². The Labute approximate surface area is 122 Å². The molecule has 0 aliphatic heterocycles. The van der Waals surface area contributed by atoms with Gasteiger partial charge in [0.15, 0.2) is 0 Å². The van der Waals surface area contributed by atoms with Crippen LogP contribution in [0.15, 0.2) is 6.33 Å². The summed E-state index contributed by atoms with van der Waals surface area (Å²) in [5.41, 5.74) is 0. The Morgan fingerprint density at radius 2 is 2.00 bits per heavy atom. The van der Waals surface area contributed by atoms with Crippen LogP contribution in [0.4, 0.5) is 0 Å². The molecule has 4 nitrogen and oxygen atoms in total. The summed E-state index contributed by atoms with van der Waals surface area (Å²) in [7, 11) is 0. The molecular weight excluding hydrogens is 248 g/mol. The minimum absolute atomic E-state index is 0.801. The highest BCUT2D eigenvalue weighted by Crippen LogP contribution is 2.32. The lowest BCUT2D eigenvalue weighted by Crippen LogP contribution is -2.33. The van der Waals surface area contributed by atoms with Gasteiger partial charge < -0.3 is 5.32 Å². The van der Waals surface area contributed by atoms with Crippen LogP contribution in [0, 0.1) is 11.8 Å². The van der Waals surface area contributed by atoms with Crippen LogP contribution in [0.25, 0.3) is 0 Å². The van der Waals surface area contributed by atoms with Gasteiger partial charge in [0.2, 0.25) is 0 Å². The first-order valence-corrected chi connectivity index (χ1v) is 8.47. The summed E-state index contributed by atoms with van der Waals surface area (Å²) >= 11 is 0. The van der Waals surface area contributed by atoms with Crippen LogP contribution in [0.2, 0.25) is 0 Å². The third-order valence-electron chi connectivity index (χ3n) is 4.89. The van der Waals surface area contributed by atoms with E-state index in [9.17, 15) is 0 Å². The zero-order valence-electron chi connectivity index (χ0n) is 12.7. The van der Waals surface area contributed by atoms with Crippen LogP contribution >= 0.6 is 0 Å². The van der Waals surface area contributed by atoms with Crippen LogP contribution in [0.5, 0.6) is 0 Å². The number of hydrogen-bond acceptors (Lipinski definition) is 3. The SMILES string of the molecule is CCCn1ncnc1CC1CCCCC1CNC1CC1. The lowest BCUT2D eigenvalue weighted by molar-refractivity contribution is 0.223. The second-order valence-electron chi connectivity index (χ2n) is 6.59. The van der Waals surface area contributed by atoms with Gasteiger partial charge >= 0.3 is 0 Å². The van der Waals surface area contributed by atoms with Crippen molar-refractivity contribution < 1.29 is 0 Å². The standard InChI is InChI=1S/C16H28N4/c1-2-9-20-16(18-12-19-20)10-13-5-3-4-6-14(13)11-17-15-7-8-15/h12-15,17H,2-11H2,1H3. The van der Waals surface area contributed by atoms with Gasteiger partial charge in [-0.15, -0.1) is 0 Å². The van der Waals surface area contributed by atoms with E-state index in [0.29, 0.717) is 0 Å². The zero-order chi connectivity index (χ0) is 13.8. The van der Waals surface area contributed by atoms with Crippen molar-refractivity contribution in [2.24, 2.45) is 11.8 Å². The monoisotopic (exact) mass is 276 g/mol. The predicted octanol–water partition coefficient (Wildman–Crippen LogP) is 2.79. The summed E-state index contributed by atoms with van der Waals surface area (Å²) in [6.45, 7) is 4.43. The molecule has 2 unspecified atom stereocenters. The first-order valence-electron chi connectivity index (χ1n) is 8.47. The molecule has 3 rings (SSSR count). The van der Waals surface area contributed by atoms with Gasteiger partial charge in [-0.3, -0.25) is 4.68 Å². The lowest BCUT2D eigenvalue weighted by Gasteiger charge is -2.31. The van der Waals surface area contributed by atoms with Gasteiger partial charge in [-0.1, -0.05) is 19.8 Å². The Morgan fingerprint density at radius 3 is 2.75 bits per heavy atom. The smallest absolute Gasteiger partial charge is 0.138 e. The van der Waals surface area contributed by atoms with Gasteiger partial charge in [-0.2, -0.15) is 5.10 Å². The molecule has 0 amide bonds. The second kappa shape index (κ2) is 6.70. The molecule has 2 saturated carbocycles. The van der Waals surface area contributed by atoms with E-state index in [0.717, 1.165) is 37.3 Å². The number of nitrogens with one attached hydrogen (secondary N) is 1. The minimum Gasteiger partial charge on any atom is -0.314 e. The van der Waals surface area contributed by atoms with Crippen molar-refractivity contribution in [1.29, 1.82) is 0 Å². The van der Waals surface area contributed by atoms with Crippen LogP contribution in [-0.4, -0.2) is 27.4 Å². The maximum Gasteiger partial charge on any atom is 0.138 e. The van der Waals surface area contributed by atoms with E-state index in [1.54, 1.807) is 6.33 Å². The fourth-order valence-corrected chi connectivity index (χ4v) is 3.51. The van der Waals surface area contributed by atoms with Gasteiger partial charge in [0, 0.05) is 19.0 Å². The molecule has 4 heteroatoms. The Hall–Kier alpha value is -0.900. The first-order chi connectivity index (χ1) is 9.86. The molecule has 2 atom stereocenters. The average Bonchev–Trinajstić information content (AvgIpc) is 3.20. The summed E-state index contributed by atoms with van der Waals surface area (Å²) < 4.78 is 2.11. The van der Waals surface area contributed by atoms with Crippen LogP contribution < -0.4 is 5.32 Å². The third kappa shape index (κ3) is 3.60. The molecule has 0 spiro atoms. The van der Waals surface area contributed by atoms with Crippen molar-refractivity contribution in [1.82, 2.24) is 20.1 Å². The number of rotatable bonds is 7. The molecule has 1 aromatic rings. The zero-order valence-corrected chi connectivity index (χ0v) is 12.7. The number of aryl methyl sites for hydroxylation is 1.